The summed E-state index contributed by atoms with van der Waals surface area (Å²) < 4.78 is 3.48. The van der Waals surface area contributed by atoms with Crippen molar-refractivity contribution in [3.8, 4) is 0 Å². The SMILES string of the molecule is O=C([O-])OC(=O)[O-].[Ru+2][CH]1C=CC=C1. The van der Waals surface area contributed by atoms with E-state index in [0.717, 1.165) is 0 Å². The van der Waals surface area contributed by atoms with Gasteiger partial charge in [0.15, 0.2) is 0 Å². The number of hydrogen-bond acceptors (Lipinski definition) is 5. The molecule has 0 saturated carbocycles. The Kier molecular flexibility index (Phi) is 5.80. The molecule has 0 atom stereocenters. The van der Waals surface area contributed by atoms with Crippen molar-refractivity contribution in [2.75, 3.05) is 0 Å². The van der Waals surface area contributed by atoms with Gasteiger partial charge in [-0.3, -0.25) is 0 Å². The summed E-state index contributed by atoms with van der Waals surface area (Å²) in [5, 5.41) is 18.1. The Morgan fingerprint density at radius 2 is 1.54 bits per heavy atom. The predicted octanol–water partition coefficient (Wildman–Crippen LogP) is -0.863. The summed E-state index contributed by atoms with van der Waals surface area (Å²) in [6.07, 6.45) is 4.13. The zero-order chi connectivity index (χ0) is 10.3. The summed E-state index contributed by atoms with van der Waals surface area (Å²) >= 11 is 2.61. The van der Waals surface area contributed by atoms with Crippen molar-refractivity contribution >= 4 is 12.3 Å². The average molecular weight is 270 g/mol. The molecule has 0 aromatic rings. The van der Waals surface area contributed by atoms with E-state index >= 15 is 0 Å². The number of allylic oxidation sites excluding steroid dienone is 4. The van der Waals surface area contributed by atoms with E-state index in [1.165, 1.54) is 0 Å². The molecule has 1 rings (SSSR count). The van der Waals surface area contributed by atoms with Gasteiger partial charge in [-0.2, -0.15) is 0 Å². The van der Waals surface area contributed by atoms with Gasteiger partial charge in [0, 0.05) is 0 Å². The number of hydrogen-bond donors (Lipinski definition) is 0. The van der Waals surface area contributed by atoms with Crippen LogP contribution in [0.2, 0.25) is 4.51 Å². The topological polar surface area (TPSA) is 89.5 Å². The van der Waals surface area contributed by atoms with E-state index in [1.54, 1.807) is 0 Å². The van der Waals surface area contributed by atoms with Crippen molar-refractivity contribution < 1.29 is 42.8 Å². The van der Waals surface area contributed by atoms with Crippen molar-refractivity contribution in [3.63, 3.8) is 0 Å². The fourth-order valence-corrected chi connectivity index (χ4v) is 0.854. The normalized spacial score (nSPS) is 13.2. The van der Waals surface area contributed by atoms with E-state index in [9.17, 15) is 0 Å². The quantitative estimate of drug-likeness (QED) is 0.324. The molecule has 71 valence electrons. The molecule has 0 aromatic heterocycles. The van der Waals surface area contributed by atoms with Gasteiger partial charge in [-0.1, -0.05) is 0 Å². The molecule has 0 N–H and O–H groups in total. The molecule has 0 saturated heterocycles. The molecule has 0 unspecified atom stereocenters. The fourth-order valence-electron chi connectivity index (χ4n) is 0.467. The summed E-state index contributed by atoms with van der Waals surface area (Å²) in [6.45, 7) is 0. The first kappa shape index (κ1) is 11.8. The van der Waals surface area contributed by atoms with Crippen molar-refractivity contribution in [2.45, 2.75) is 4.51 Å². The molecule has 5 nitrogen and oxygen atoms in total. The standard InChI is InChI=1S/C5H5.C2H2O5.Ru/c1-2-4-5-3-1;3-1(4)7-2(5)6;/h1-5H;(H,3,4)(H,5,6);/q;;+2/p-2. The first-order chi connectivity index (χ1) is 6.02. The molecule has 0 heterocycles. The molecule has 0 aliphatic heterocycles. The van der Waals surface area contributed by atoms with Gasteiger partial charge in [-0.05, 0) is 0 Å². The Hall–Kier alpha value is -1.16. The van der Waals surface area contributed by atoms with Crippen molar-refractivity contribution in [1.29, 1.82) is 0 Å². The fraction of sp³-hybridized carbons (Fsp3) is 0.143. The minimum atomic E-state index is -2.12. The summed E-state index contributed by atoms with van der Waals surface area (Å²) in [7, 11) is 0. The van der Waals surface area contributed by atoms with Gasteiger partial charge in [-0.15, -0.1) is 0 Å². The number of rotatable bonds is 0. The van der Waals surface area contributed by atoms with Gasteiger partial charge in [-0.25, -0.2) is 0 Å². The van der Waals surface area contributed by atoms with Crippen molar-refractivity contribution in [1.82, 2.24) is 0 Å². The Morgan fingerprint density at radius 1 is 1.15 bits per heavy atom. The molecule has 0 spiro atoms. The van der Waals surface area contributed by atoms with Gasteiger partial charge in [0.05, 0.1) is 0 Å². The van der Waals surface area contributed by atoms with Crippen LogP contribution >= 0.6 is 0 Å². The van der Waals surface area contributed by atoms with Crippen LogP contribution in [0, 0.1) is 0 Å². The van der Waals surface area contributed by atoms with Gasteiger partial charge in [0.25, 0.3) is 12.3 Å². The molecule has 1 aliphatic rings. The predicted molar refractivity (Wildman–Crippen MR) is 33.9 cm³/mol. The summed E-state index contributed by atoms with van der Waals surface area (Å²) in [6, 6.07) is 0. The van der Waals surface area contributed by atoms with Crippen LogP contribution in [-0.2, 0) is 23.0 Å². The van der Waals surface area contributed by atoms with Crippen molar-refractivity contribution in [3.05, 3.63) is 24.3 Å². The molecule has 6 heteroatoms. The van der Waals surface area contributed by atoms with E-state index < -0.39 is 12.3 Å². The second-order valence-electron chi connectivity index (χ2n) is 1.80. The van der Waals surface area contributed by atoms with E-state index in [0.29, 0.717) is 4.51 Å². The Labute approximate surface area is 84.4 Å². The van der Waals surface area contributed by atoms with E-state index in [-0.39, 0.29) is 0 Å². The van der Waals surface area contributed by atoms with E-state index in [4.69, 9.17) is 19.8 Å². The average Bonchev–Trinajstić information content (AvgIpc) is 2.37. The van der Waals surface area contributed by atoms with Crippen LogP contribution in [0.15, 0.2) is 24.3 Å². The van der Waals surface area contributed by atoms with Crippen LogP contribution < -0.4 is 10.2 Å². The first-order valence-corrected chi connectivity index (χ1v) is 4.10. The molecule has 13 heavy (non-hydrogen) atoms. The van der Waals surface area contributed by atoms with Gasteiger partial charge in [0.2, 0.25) is 0 Å². The molecule has 1 aliphatic carbocycles. The molecule has 0 fully saturated rings. The van der Waals surface area contributed by atoms with Crippen LogP contribution in [-0.4, -0.2) is 12.3 Å². The Bertz CT molecular complexity index is 221. The summed E-state index contributed by atoms with van der Waals surface area (Å²) in [4.78, 5) is 18.1. The van der Waals surface area contributed by atoms with Crippen LogP contribution in [0.1, 0.15) is 0 Å². The first-order valence-electron chi connectivity index (χ1n) is 3.10. The maximum absolute atomic E-state index is 9.06. The maximum atomic E-state index is 9.06. The molecule has 0 radical (unpaired) electrons. The third-order valence-corrected chi connectivity index (χ3v) is 1.53. The molecular formula is C7H5O5Ru. The zero-order valence-electron chi connectivity index (χ0n) is 6.28. The van der Waals surface area contributed by atoms with Gasteiger partial charge in [0.1, 0.15) is 0 Å². The number of carbonyl (C=O) groups is 2. The Balaban J connectivity index is 0.000000223. The van der Waals surface area contributed by atoms with Gasteiger partial charge >= 0.3 is 47.1 Å². The number of carboxylic acid groups (broad SMARTS) is 2. The second kappa shape index (κ2) is 6.37. The Morgan fingerprint density at radius 3 is 1.62 bits per heavy atom. The number of ether oxygens (including phenoxy) is 1. The van der Waals surface area contributed by atoms with Gasteiger partial charge < -0.3 is 24.5 Å². The van der Waals surface area contributed by atoms with Crippen LogP contribution in [0.25, 0.3) is 0 Å². The minimum absolute atomic E-state index is 0.615. The van der Waals surface area contributed by atoms with E-state index in [1.807, 2.05) is 0 Å². The molecular weight excluding hydrogens is 265 g/mol. The van der Waals surface area contributed by atoms with E-state index in [2.05, 4.69) is 47.3 Å². The molecule has 0 amide bonds. The number of carbonyl (C=O) groups excluding carboxylic acids is 2. The van der Waals surface area contributed by atoms with Crippen molar-refractivity contribution in [2.24, 2.45) is 0 Å². The van der Waals surface area contributed by atoms with Crippen LogP contribution in [0.3, 0.4) is 0 Å². The zero-order valence-corrected chi connectivity index (χ0v) is 8.02. The molecule has 0 aromatic carbocycles. The van der Waals surface area contributed by atoms with Crippen LogP contribution in [0.5, 0.6) is 0 Å². The second-order valence-corrected chi connectivity index (χ2v) is 2.96. The monoisotopic (exact) mass is 271 g/mol. The van der Waals surface area contributed by atoms with Crippen LogP contribution in [0.4, 0.5) is 9.59 Å². The summed E-state index contributed by atoms with van der Waals surface area (Å²) in [5.41, 5.74) is 0. The third kappa shape index (κ3) is 8.75. The summed E-state index contributed by atoms with van der Waals surface area (Å²) in [5.74, 6) is 0. The molecule has 0 bridgehead atoms. The third-order valence-electron chi connectivity index (χ3n) is 0.858.